The minimum atomic E-state index is -5.01. The van der Waals surface area contributed by atoms with Gasteiger partial charge in [-0.1, -0.05) is 19.9 Å². The van der Waals surface area contributed by atoms with Gasteiger partial charge in [-0.25, -0.2) is 4.39 Å². The van der Waals surface area contributed by atoms with E-state index in [9.17, 15) is 22.7 Å². The Balaban J connectivity index is 1.74. The minimum Gasteiger partial charge on any atom is -0.493 e. The Bertz CT molecular complexity index is 1240. The van der Waals surface area contributed by atoms with Crippen LogP contribution in [-0.2, 0) is 11.8 Å². The molecule has 1 unspecified atom stereocenters. The van der Waals surface area contributed by atoms with Crippen molar-refractivity contribution in [3.63, 3.8) is 0 Å². The van der Waals surface area contributed by atoms with Gasteiger partial charge in [0, 0.05) is 34.8 Å². The molecule has 8 heteroatoms. The third-order valence-corrected chi connectivity index (χ3v) is 5.95. The Morgan fingerprint density at radius 3 is 2.64 bits per heavy atom. The predicted molar refractivity (Wildman–Crippen MR) is 119 cm³/mol. The van der Waals surface area contributed by atoms with E-state index < -0.39 is 29.4 Å². The first-order valence-corrected chi connectivity index (χ1v) is 10.6. The number of ether oxygens (including phenoxy) is 1. The maximum atomic E-state index is 14.2. The largest absolute Gasteiger partial charge is 0.493 e. The van der Waals surface area contributed by atoms with Crippen molar-refractivity contribution in [1.82, 2.24) is 4.98 Å². The van der Waals surface area contributed by atoms with Gasteiger partial charge in [0.1, 0.15) is 11.6 Å². The summed E-state index contributed by atoms with van der Waals surface area (Å²) >= 11 is 0. The second-order valence-electron chi connectivity index (χ2n) is 9.08. The molecule has 2 aromatic carbocycles. The fourth-order valence-electron chi connectivity index (χ4n) is 4.29. The Morgan fingerprint density at radius 2 is 1.91 bits per heavy atom. The average Bonchev–Trinajstić information content (AvgIpc) is 3.18. The van der Waals surface area contributed by atoms with Crippen molar-refractivity contribution in [2.45, 2.75) is 50.8 Å². The number of aliphatic imine (C=N–C) groups is 1. The lowest BCUT2D eigenvalue weighted by Gasteiger charge is -2.36. The van der Waals surface area contributed by atoms with Crippen LogP contribution < -0.4 is 4.74 Å². The number of halogens is 4. The predicted octanol–water partition coefficient (Wildman–Crippen LogP) is 5.98. The van der Waals surface area contributed by atoms with Gasteiger partial charge >= 0.3 is 6.18 Å². The summed E-state index contributed by atoms with van der Waals surface area (Å²) in [5, 5.41) is 11.4. The van der Waals surface area contributed by atoms with Crippen LogP contribution in [0.1, 0.15) is 37.1 Å². The highest BCUT2D eigenvalue weighted by atomic mass is 19.4. The Kier molecular flexibility index (Phi) is 5.68. The first kappa shape index (κ1) is 23.2. The van der Waals surface area contributed by atoms with Gasteiger partial charge in [-0.15, -0.1) is 0 Å². The van der Waals surface area contributed by atoms with E-state index in [1.807, 2.05) is 6.92 Å². The number of nitrogens with zero attached hydrogens (tertiary/aromatic N) is 2. The van der Waals surface area contributed by atoms with E-state index in [0.29, 0.717) is 41.5 Å². The number of aryl methyl sites for hydroxylation is 1. The van der Waals surface area contributed by atoms with Crippen LogP contribution in [0.3, 0.4) is 0 Å². The molecule has 0 aliphatic carbocycles. The molecule has 0 saturated carbocycles. The molecule has 33 heavy (non-hydrogen) atoms. The fourth-order valence-corrected chi connectivity index (χ4v) is 4.29. The number of fused-ring (bicyclic) bond motifs is 2. The zero-order valence-electron chi connectivity index (χ0n) is 18.5. The van der Waals surface area contributed by atoms with Crippen LogP contribution in [0.25, 0.3) is 10.9 Å². The van der Waals surface area contributed by atoms with E-state index in [-0.39, 0.29) is 11.3 Å². The first-order chi connectivity index (χ1) is 15.4. The molecule has 4 nitrogen and oxygen atoms in total. The van der Waals surface area contributed by atoms with Gasteiger partial charge in [-0.05, 0) is 55.2 Å². The number of aliphatic hydroxyl groups is 1. The first-order valence-electron chi connectivity index (χ1n) is 10.6. The summed E-state index contributed by atoms with van der Waals surface area (Å²) in [4.78, 5) is 8.39. The highest BCUT2D eigenvalue weighted by Crippen LogP contribution is 2.45. The Hall–Kier alpha value is -3.00. The normalized spacial score (nSPS) is 16.1. The van der Waals surface area contributed by atoms with Crippen LogP contribution in [0.5, 0.6) is 5.75 Å². The van der Waals surface area contributed by atoms with Gasteiger partial charge in [0.2, 0.25) is 0 Å². The second kappa shape index (κ2) is 8.09. The number of benzene rings is 2. The van der Waals surface area contributed by atoms with Gasteiger partial charge in [0.25, 0.3) is 0 Å². The molecule has 1 aromatic heterocycles. The quantitative estimate of drug-likeness (QED) is 0.376. The molecular formula is C25H24F4N2O2. The Morgan fingerprint density at radius 1 is 1.15 bits per heavy atom. The molecule has 0 fully saturated rings. The summed E-state index contributed by atoms with van der Waals surface area (Å²) < 4.78 is 62.1. The number of hydrogen-bond acceptors (Lipinski definition) is 4. The number of aromatic nitrogens is 1. The highest BCUT2D eigenvalue weighted by Gasteiger charge is 2.55. The van der Waals surface area contributed by atoms with E-state index in [4.69, 9.17) is 4.74 Å². The zero-order chi connectivity index (χ0) is 24.0. The lowest BCUT2D eigenvalue weighted by Crippen LogP contribution is -2.50. The molecule has 0 amide bonds. The maximum absolute atomic E-state index is 14.2. The van der Waals surface area contributed by atoms with Crippen LogP contribution in [0.4, 0.5) is 23.2 Å². The Labute approximate surface area is 188 Å². The van der Waals surface area contributed by atoms with Crippen molar-refractivity contribution < 1.29 is 27.4 Å². The minimum absolute atomic E-state index is 0.260. The van der Waals surface area contributed by atoms with Crippen LogP contribution in [-0.4, -0.2) is 34.7 Å². The van der Waals surface area contributed by atoms with Crippen molar-refractivity contribution in [3.8, 4) is 5.75 Å². The zero-order valence-corrected chi connectivity index (χ0v) is 18.5. The summed E-state index contributed by atoms with van der Waals surface area (Å²) in [7, 11) is 0. The lowest BCUT2D eigenvalue weighted by molar-refractivity contribution is -0.234. The molecule has 0 radical (unpaired) electrons. The van der Waals surface area contributed by atoms with Crippen LogP contribution in [0.2, 0.25) is 0 Å². The molecule has 3 aromatic rings. The third kappa shape index (κ3) is 4.44. The molecule has 174 valence electrons. The monoisotopic (exact) mass is 460 g/mol. The smallest absolute Gasteiger partial charge is 0.422 e. The van der Waals surface area contributed by atoms with Crippen molar-refractivity contribution in [3.05, 3.63) is 65.1 Å². The molecule has 4 rings (SSSR count). The average molecular weight is 460 g/mol. The molecule has 1 atom stereocenters. The summed E-state index contributed by atoms with van der Waals surface area (Å²) in [6, 6.07) is 10.9. The van der Waals surface area contributed by atoms with Crippen molar-refractivity contribution in [1.29, 1.82) is 0 Å². The molecule has 1 aliphatic heterocycles. The number of alkyl halides is 3. The van der Waals surface area contributed by atoms with E-state index in [1.54, 1.807) is 30.3 Å². The standard InChI is InChI=1S/C25H24F4N2O2/c1-15-7-8-18-20(5-4-6-21(18)31-15)30-14-24(32,25(27,28)29)13-23(2,3)19-12-17(26)11-16-9-10-33-22(16)19/h4-8,11-12,14,32H,9-10,13H2,1-3H3/b30-14+. The van der Waals surface area contributed by atoms with Gasteiger partial charge in [0.05, 0.1) is 17.8 Å². The van der Waals surface area contributed by atoms with E-state index in [0.717, 1.165) is 5.69 Å². The van der Waals surface area contributed by atoms with E-state index >= 15 is 0 Å². The maximum Gasteiger partial charge on any atom is 0.422 e. The lowest BCUT2D eigenvalue weighted by atomic mass is 9.74. The van der Waals surface area contributed by atoms with Crippen LogP contribution in [0.15, 0.2) is 47.5 Å². The molecule has 0 bridgehead atoms. The molecule has 2 heterocycles. The van der Waals surface area contributed by atoms with Crippen LogP contribution in [0, 0.1) is 12.7 Å². The van der Waals surface area contributed by atoms with Crippen LogP contribution >= 0.6 is 0 Å². The summed E-state index contributed by atoms with van der Waals surface area (Å²) in [6.45, 7) is 5.20. The van der Waals surface area contributed by atoms with Gasteiger partial charge in [0.15, 0.2) is 5.60 Å². The summed E-state index contributed by atoms with van der Waals surface area (Å²) in [6.07, 6.45) is -4.77. The third-order valence-electron chi connectivity index (χ3n) is 5.95. The fraction of sp³-hybridized carbons (Fsp3) is 0.360. The number of hydrogen-bond donors (Lipinski definition) is 1. The van der Waals surface area contributed by atoms with Crippen molar-refractivity contribution in [2.75, 3.05) is 6.61 Å². The number of pyridine rings is 1. The number of rotatable bonds is 5. The van der Waals surface area contributed by atoms with E-state index in [1.165, 1.54) is 26.0 Å². The molecule has 0 spiro atoms. The highest BCUT2D eigenvalue weighted by molar-refractivity contribution is 5.92. The van der Waals surface area contributed by atoms with Crippen molar-refractivity contribution in [2.24, 2.45) is 4.99 Å². The van der Waals surface area contributed by atoms with Crippen molar-refractivity contribution >= 4 is 22.8 Å². The summed E-state index contributed by atoms with van der Waals surface area (Å²) in [5.41, 5.74) is -2.01. The SMILES string of the molecule is Cc1ccc2c(/N=C/C(O)(CC(C)(C)c3cc(F)cc4c3OCC4)C(F)(F)F)cccc2n1. The van der Waals surface area contributed by atoms with Gasteiger partial charge in [-0.2, -0.15) is 13.2 Å². The summed E-state index contributed by atoms with van der Waals surface area (Å²) in [5.74, 6) is -0.163. The molecule has 0 saturated heterocycles. The molecular weight excluding hydrogens is 436 g/mol. The molecule has 1 aliphatic rings. The second-order valence-corrected chi connectivity index (χ2v) is 9.08. The van der Waals surface area contributed by atoms with Gasteiger partial charge in [-0.3, -0.25) is 9.98 Å². The molecule has 1 N–H and O–H groups in total. The topological polar surface area (TPSA) is 54.7 Å². The van der Waals surface area contributed by atoms with E-state index in [2.05, 4.69) is 9.98 Å². The van der Waals surface area contributed by atoms with Gasteiger partial charge < -0.3 is 9.84 Å².